The van der Waals surface area contributed by atoms with Crippen molar-refractivity contribution in [1.82, 2.24) is 15.5 Å². The van der Waals surface area contributed by atoms with Gasteiger partial charge in [0.05, 0.1) is 5.92 Å². The van der Waals surface area contributed by atoms with Crippen LogP contribution in [0, 0.1) is 5.92 Å². The van der Waals surface area contributed by atoms with Crippen LogP contribution in [-0.4, -0.2) is 48.9 Å². The van der Waals surface area contributed by atoms with Gasteiger partial charge in [-0.1, -0.05) is 6.92 Å². The maximum atomic E-state index is 12.2. The molecule has 2 heterocycles. The lowest BCUT2D eigenvalue weighted by atomic mass is 9.96. The van der Waals surface area contributed by atoms with E-state index < -0.39 is 0 Å². The third-order valence-corrected chi connectivity index (χ3v) is 4.29. The summed E-state index contributed by atoms with van der Waals surface area (Å²) >= 11 is 0. The van der Waals surface area contributed by atoms with E-state index in [0.717, 1.165) is 45.3 Å². The molecule has 122 valence electrons. The van der Waals surface area contributed by atoms with E-state index in [0.29, 0.717) is 19.0 Å². The number of hydrogen-bond acceptors (Lipinski definition) is 3. The van der Waals surface area contributed by atoms with Gasteiger partial charge < -0.3 is 15.5 Å². The Balaban J connectivity index is 0.00000220. The molecule has 2 fully saturated rings. The number of amides is 2. The maximum Gasteiger partial charge on any atom is 0.224 e. The van der Waals surface area contributed by atoms with Crippen LogP contribution in [-0.2, 0) is 9.59 Å². The second-order valence-electron chi connectivity index (χ2n) is 5.97. The summed E-state index contributed by atoms with van der Waals surface area (Å²) in [6, 6.07) is 0.431. The van der Waals surface area contributed by atoms with Gasteiger partial charge in [-0.3, -0.25) is 9.59 Å². The van der Waals surface area contributed by atoms with Crippen LogP contribution in [0.4, 0.5) is 0 Å². The van der Waals surface area contributed by atoms with Gasteiger partial charge in [0.25, 0.3) is 0 Å². The fraction of sp³-hybridized carbons (Fsp3) is 0.867. The van der Waals surface area contributed by atoms with Gasteiger partial charge in [-0.15, -0.1) is 12.4 Å². The summed E-state index contributed by atoms with van der Waals surface area (Å²) in [4.78, 5) is 26.0. The number of nitrogens with one attached hydrogen (secondary N) is 2. The molecule has 0 aromatic rings. The fourth-order valence-corrected chi connectivity index (χ4v) is 3.09. The smallest absolute Gasteiger partial charge is 0.224 e. The zero-order valence-corrected chi connectivity index (χ0v) is 13.7. The lowest BCUT2D eigenvalue weighted by Crippen LogP contribution is -2.47. The number of likely N-dealkylation sites (tertiary alicyclic amines) is 1. The molecule has 2 atom stereocenters. The predicted octanol–water partition coefficient (Wildman–Crippen LogP) is 1.32. The van der Waals surface area contributed by atoms with Crippen molar-refractivity contribution >= 4 is 24.2 Å². The van der Waals surface area contributed by atoms with Crippen molar-refractivity contribution in [3.8, 4) is 0 Å². The number of piperidine rings is 1. The van der Waals surface area contributed by atoms with Gasteiger partial charge >= 0.3 is 0 Å². The predicted molar refractivity (Wildman–Crippen MR) is 85.5 cm³/mol. The van der Waals surface area contributed by atoms with Crippen LogP contribution in [0.15, 0.2) is 0 Å². The van der Waals surface area contributed by atoms with Crippen molar-refractivity contribution in [2.75, 3.05) is 26.2 Å². The normalized spacial score (nSPS) is 25.3. The molecule has 2 aliphatic rings. The first kappa shape index (κ1) is 18.2. The highest BCUT2D eigenvalue weighted by Gasteiger charge is 2.28. The van der Waals surface area contributed by atoms with E-state index in [4.69, 9.17) is 0 Å². The van der Waals surface area contributed by atoms with E-state index in [9.17, 15) is 9.59 Å². The van der Waals surface area contributed by atoms with Crippen LogP contribution < -0.4 is 10.6 Å². The van der Waals surface area contributed by atoms with Gasteiger partial charge in [-0.25, -0.2) is 0 Å². The standard InChI is InChI=1S/C15H27N3O2.ClH/c1-2-5-14(19)18-9-4-6-12(11-18)15(20)17-10-13-7-3-8-16-13;/h12-13,16H,2-11H2,1H3,(H,17,20);1H. The van der Waals surface area contributed by atoms with Crippen LogP contribution in [0.1, 0.15) is 45.4 Å². The molecular weight excluding hydrogens is 290 g/mol. The van der Waals surface area contributed by atoms with Crippen molar-refractivity contribution in [2.24, 2.45) is 5.92 Å². The zero-order chi connectivity index (χ0) is 14.4. The van der Waals surface area contributed by atoms with E-state index in [1.54, 1.807) is 0 Å². The van der Waals surface area contributed by atoms with Gasteiger partial charge in [0.1, 0.15) is 0 Å². The van der Waals surface area contributed by atoms with E-state index in [1.807, 2.05) is 11.8 Å². The van der Waals surface area contributed by atoms with Crippen molar-refractivity contribution < 1.29 is 9.59 Å². The summed E-state index contributed by atoms with van der Waals surface area (Å²) in [6.45, 7) is 5.21. The molecule has 0 saturated carbocycles. The molecule has 0 bridgehead atoms. The number of carbonyl (C=O) groups is 2. The summed E-state index contributed by atoms with van der Waals surface area (Å²) in [5, 5.41) is 6.43. The summed E-state index contributed by atoms with van der Waals surface area (Å²) in [5.74, 6) is 0.293. The van der Waals surface area contributed by atoms with Crippen LogP contribution >= 0.6 is 12.4 Å². The molecule has 0 aliphatic carbocycles. The lowest BCUT2D eigenvalue weighted by Gasteiger charge is -2.32. The van der Waals surface area contributed by atoms with Crippen molar-refractivity contribution in [3.05, 3.63) is 0 Å². The van der Waals surface area contributed by atoms with E-state index in [-0.39, 0.29) is 30.1 Å². The third-order valence-electron chi connectivity index (χ3n) is 4.29. The molecule has 5 nitrogen and oxygen atoms in total. The third kappa shape index (κ3) is 5.47. The van der Waals surface area contributed by atoms with E-state index in [1.165, 1.54) is 6.42 Å². The average molecular weight is 318 g/mol. The Hall–Kier alpha value is -0.810. The molecule has 0 radical (unpaired) electrons. The molecule has 21 heavy (non-hydrogen) atoms. The molecule has 6 heteroatoms. The first-order chi connectivity index (χ1) is 9.70. The van der Waals surface area contributed by atoms with Gasteiger partial charge in [-0.2, -0.15) is 0 Å². The van der Waals surface area contributed by atoms with Crippen molar-refractivity contribution in [3.63, 3.8) is 0 Å². The zero-order valence-electron chi connectivity index (χ0n) is 12.9. The monoisotopic (exact) mass is 317 g/mol. The minimum Gasteiger partial charge on any atom is -0.354 e. The van der Waals surface area contributed by atoms with Gasteiger partial charge in [0, 0.05) is 32.1 Å². The minimum absolute atomic E-state index is 0. The number of nitrogens with zero attached hydrogens (tertiary/aromatic N) is 1. The Morgan fingerprint density at radius 3 is 2.76 bits per heavy atom. The molecule has 2 rings (SSSR count). The number of halogens is 1. The van der Waals surface area contributed by atoms with Crippen LogP contribution in [0.25, 0.3) is 0 Å². The van der Waals surface area contributed by atoms with Gasteiger partial charge in [0.2, 0.25) is 11.8 Å². The number of hydrogen-bond donors (Lipinski definition) is 2. The van der Waals surface area contributed by atoms with Crippen LogP contribution in [0.2, 0.25) is 0 Å². The fourth-order valence-electron chi connectivity index (χ4n) is 3.09. The van der Waals surface area contributed by atoms with E-state index in [2.05, 4.69) is 10.6 Å². The second kappa shape index (κ2) is 9.26. The molecule has 0 spiro atoms. The second-order valence-corrected chi connectivity index (χ2v) is 5.97. The molecule has 2 unspecified atom stereocenters. The molecule has 0 aromatic carbocycles. The first-order valence-corrected chi connectivity index (χ1v) is 7.99. The topological polar surface area (TPSA) is 61.4 Å². The Labute approximate surface area is 133 Å². The Kier molecular flexibility index (Phi) is 8.04. The lowest BCUT2D eigenvalue weighted by molar-refractivity contribution is -0.135. The van der Waals surface area contributed by atoms with E-state index >= 15 is 0 Å². The molecule has 2 saturated heterocycles. The summed E-state index contributed by atoms with van der Waals surface area (Å²) in [6.07, 6.45) is 5.66. The first-order valence-electron chi connectivity index (χ1n) is 7.99. The summed E-state index contributed by atoms with van der Waals surface area (Å²) in [7, 11) is 0. The maximum absolute atomic E-state index is 12.2. The highest BCUT2D eigenvalue weighted by Crippen LogP contribution is 2.18. The minimum atomic E-state index is -0.0223. The molecule has 2 aliphatic heterocycles. The quantitative estimate of drug-likeness (QED) is 0.804. The summed E-state index contributed by atoms with van der Waals surface area (Å²) in [5.41, 5.74) is 0. The molecule has 2 N–H and O–H groups in total. The highest BCUT2D eigenvalue weighted by atomic mass is 35.5. The molecular formula is C15H28ClN3O2. The van der Waals surface area contributed by atoms with Gasteiger partial charge in [0.15, 0.2) is 0 Å². The van der Waals surface area contributed by atoms with Crippen LogP contribution in [0.5, 0.6) is 0 Å². The average Bonchev–Trinajstić information content (AvgIpc) is 2.98. The molecule has 2 amide bonds. The van der Waals surface area contributed by atoms with Crippen LogP contribution in [0.3, 0.4) is 0 Å². The SMILES string of the molecule is CCCC(=O)N1CCCC(C(=O)NCC2CCCN2)C1.Cl. The number of carbonyl (C=O) groups excluding carboxylic acids is 2. The Bertz CT molecular complexity index is 346. The number of rotatable bonds is 5. The van der Waals surface area contributed by atoms with Crippen molar-refractivity contribution in [1.29, 1.82) is 0 Å². The highest BCUT2D eigenvalue weighted by molar-refractivity contribution is 5.85. The largest absolute Gasteiger partial charge is 0.354 e. The summed E-state index contributed by atoms with van der Waals surface area (Å²) < 4.78 is 0. The Morgan fingerprint density at radius 1 is 1.29 bits per heavy atom. The van der Waals surface area contributed by atoms with Gasteiger partial charge in [-0.05, 0) is 38.6 Å². The molecule has 0 aromatic heterocycles. The van der Waals surface area contributed by atoms with Crippen molar-refractivity contribution in [2.45, 2.75) is 51.5 Å². The Morgan fingerprint density at radius 2 is 2.10 bits per heavy atom.